The first-order valence-corrected chi connectivity index (χ1v) is 15.1. The molecule has 2 aliphatic heterocycles. The average Bonchev–Trinajstić information content (AvgIpc) is 3.37. The van der Waals surface area contributed by atoms with Gasteiger partial charge in [0, 0.05) is 47.7 Å². The number of anilines is 1. The van der Waals surface area contributed by atoms with Crippen molar-refractivity contribution in [2.45, 2.75) is 45.8 Å². The highest BCUT2D eigenvalue weighted by atomic mass is 35.5. The summed E-state index contributed by atoms with van der Waals surface area (Å²) in [5.41, 5.74) is 3.69. The van der Waals surface area contributed by atoms with E-state index in [9.17, 15) is 4.79 Å². The number of fused-ring (bicyclic) bond motifs is 1. The molecule has 224 valence electrons. The summed E-state index contributed by atoms with van der Waals surface area (Å²) < 4.78 is 13.3. The molecular weight excluding hydrogens is 589 g/mol. The molecule has 0 spiro atoms. The Labute approximate surface area is 260 Å². The number of benzene rings is 1. The maximum absolute atomic E-state index is 11.7. The number of ether oxygens (including phenoxy) is 2. The molecule has 0 radical (unpaired) electrons. The lowest BCUT2D eigenvalue weighted by atomic mass is 9.93. The van der Waals surface area contributed by atoms with Crippen molar-refractivity contribution in [1.29, 1.82) is 0 Å². The third-order valence-electron chi connectivity index (χ3n) is 8.02. The molecule has 0 amide bonds. The van der Waals surface area contributed by atoms with Crippen LogP contribution in [0.25, 0.3) is 11.3 Å². The van der Waals surface area contributed by atoms with Gasteiger partial charge in [0.05, 0.1) is 43.6 Å². The van der Waals surface area contributed by atoms with E-state index in [0.29, 0.717) is 58.7 Å². The maximum Gasteiger partial charge on any atom is 0.305 e. The van der Waals surface area contributed by atoms with Crippen molar-refractivity contribution in [2.24, 2.45) is 5.92 Å². The molecule has 2 aliphatic rings. The smallest absolute Gasteiger partial charge is 0.305 e. The molecule has 3 aromatic heterocycles. The first kappa shape index (κ1) is 29.3. The number of hydrogen-bond donors (Lipinski definition) is 0. The Morgan fingerprint density at radius 1 is 0.953 bits per heavy atom. The Morgan fingerprint density at radius 3 is 2.42 bits per heavy atom. The number of rotatable bonds is 8. The summed E-state index contributed by atoms with van der Waals surface area (Å²) in [5.74, 6) is 2.79. The number of esters is 1. The predicted octanol–water partition coefficient (Wildman–Crippen LogP) is 5.94. The Bertz CT molecular complexity index is 1580. The Balaban J connectivity index is 1.19. The Morgan fingerprint density at radius 2 is 1.70 bits per heavy atom. The largest absolute Gasteiger partial charge is 0.469 e. The van der Waals surface area contributed by atoms with E-state index >= 15 is 0 Å². The summed E-state index contributed by atoms with van der Waals surface area (Å²) >= 11 is 12.6. The molecule has 6 rings (SSSR count). The summed E-state index contributed by atoms with van der Waals surface area (Å²) in [7, 11) is 1.44. The van der Waals surface area contributed by atoms with E-state index in [1.807, 2.05) is 37.4 Å². The van der Waals surface area contributed by atoms with Crippen molar-refractivity contribution >= 4 is 35.1 Å². The number of likely N-dealkylation sites (tertiary alicyclic amines) is 1. The number of aromatic nitrogens is 5. The Hall–Kier alpha value is -3.73. The lowest BCUT2D eigenvalue weighted by Crippen LogP contribution is -2.34. The van der Waals surface area contributed by atoms with Gasteiger partial charge in [-0.15, -0.1) is 0 Å². The van der Waals surface area contributed by atoms with Crippen molar-refractivity contribution in [3.8, 4) is 22.9 Å². The zero-order chi connectivity index (χ0) is 29.9. The number of carbonyl (C=O) groups excluding carboxylic acids is 1. The van der Waals surface area contributed by atoms with E-state index in [1.54, 1.807) is 18.5 Å². The Kier molecular flexibility index (Phi) is 8.78. The minimum atomic E-state index is -0.144. The van der Waals surface area contributed by atoms with Gasteiger partial charge in [0.2, 0.25) is 11.8 Å². The molecule has 12 heteroatoms. The number of pyridine rings is 1. The summed E-state index contributed by atoms with van der Waals surface area (Å²) in [6.07, 6.45) is 7.63. The fourth-order valence-corrected chi connectivity index (χ4v) is 6.26. The van der Waals surface area contributed by atoms with Crippen LogP contribution in [0.5, 0.6) is 11.6 Å². The zero-order valence-electron chi connectivity index (χ0n) is 24.2. The van der Waals surface area contributed by atoms with Crippen molar-refractivity contribution in [3.05, 3.63) is 76.0 Å². The van der Waals surface area contributed by atoms with Crippen LogP contribution in [0.15, 0.2) is 48.9 Å². The fourth-order valence-electron chi connectivity index (χ4n) is 5.74. The van der Waals surface area contributed by atoms with Gasteiger partial charge in [0.1, 0.15) is 5.82 Å². The molecule has 5 heterocycles. The molecule has 1 fully saturated rings. The number of nitrogens with zero attached hydrogens (tertiary/aromatic N) is 7. The first-order valence-electron chi connectivity index (χ1n) is 14.4. The van der Waals surface area contributed by atoms with Crippen LogP contribution in [0.1, 0.15) is 36.3 Å². The number of carbonyl (C=O) groups is 1. The van der Waals surface area contributed by atoms with Crippen molar-refractivity contribution in [1.82, 2.24) is 29.4 Å². The van der Waals surface area contributed by atoms with Gasteiger partial charge in [0.25, 0.3) is 0 Å². The standard InChI is InChI=1S/C31H33Cl2N7O3/c1-20-34-15-26-19-39(7-8-40(20)26)31-35-16-27(17-36-31)43-29-10-22(9-28(37-29)23-12-24(32)14-25(33)13-23)18-38-5-3-21(4-6-38)11-30(41)42-2/h9-10,12-17,21H,3-8,11,18-19H2,1-2H3. The maximum atomic E-state index is 11.7. The average molecular weight is 623 g/mol. The molecule has 0 aliphatic carbocycles. The molecule has 0 unspecified atom stereocenters. The second-order valence-corrected chi connectivity index (χ2v) is 11.9. The molecule has 1 saturated heterocycles. The minimum Gasteiger partial charge on any atom is -0.469 e. The van der Waals surface area contributed by atoms with E-state index in [4.69, 9.17) is 37.7 Å². The van der Waals surface area contributed by atoms with Crippen LogP contribution < -0.4 is 9.64 Å². The molecule has 0 saturated carbocycles. The fraction of sp³-hybridized carbons (Fsp3) is 0.387. The second kappa shape index (κ2) is 12.9. The lowest BCUT2D eigenvalue weighted by Gasteiger charge is -2.31. The van der Waals surface area contributed by atoms with E-state index in [1.165, 1.54) is 7.11 Å². The van der Waals surface area contributed by atoms with Gasteiger partial charge in [-0.05, 0) is 68.6 Å². The highest BCUT2D eigenvalue weighted by molar-refractivity contribution is 6.35. The SMILES string of the molecule is COC(=O)CC1CCN(Cc2cc(Oc3cnc(N4CCn5c(cnc5C)C4)nc3)nc(-c3cc(Cl)cc(Cl)c3)c2)CC1. The monoisotopic (exact) mass is 621 g/mol. The van der Waals surface area contributed by atoms with E-state index in [-0.39, 0.29) is 5.97 Å². The van der Waals surface area contributed by atoms with Crippen LogP contribution in [-0.4, -0.2) is 62.1 Å². The quantitative estimate of drug-likeness (QED) is 0.221. The molecule has 1 aromatic carbocycles. The summed E-state index contributed by atoms with van der Waals surface area (Å²) in [6.45, 7) is 6.88. The van der Waals surface area contributed by atoms with Gasteiger partial charge in [-0.25, -0.2) is 19.9 Å². The van der Waals surface area contributed by atoms with Gasteiger partial charge in [0.15, 0.2) is 5.75 Å². The van der Waals surface area contributed by atoms with Crippen molar-refractivity contribution in [2.75, 3.05) is 31.6 Å². The van der Waals surface area contributed by atoms with E-state index in [0.717, 1.165) is 61.7 Å². The molecule has 43 heavy (non-hydrogen) atoms. The number of methoxy groups -OCH3 is 1. The molecular formula is C31H33Cl2N7O3. The van der Waals surface area contributed by atoms with E-state index < -0.39 is 0 Å². The number of hydrogen-bond acceptors (Lipinski definition) is 9. The van der Waals surface area contributed by atoms with Crippen LogP contribution in [0.3, 0.4) is 0 Å². The van der Waals surface area contributed by atoms with Gasteiger partial charge in [-0.3, -0.25) is 9.69 Å². The highest BCUT2D eigenvalue weighted by Gasteiger charge is 2.23. The van der Waals surface area contributed by atoms with Crippen molar-refractivity contribution in [3.63, 3.8) is 0 Å². The summed E-state index contributed by atoms with van der Waals surface area (Å²) in [4.78, 5) is 34.6. The van der Waals surface area contributed by atoms with Gasteiger partial charge in [-0.2, -0.15) is 0 Å². The molecule has 10 nitrogen and oxygen atoms in total. The normalized spacial score (nSPS) is 15.8. The van der Waals surface area contributed by atoms with Crippen LogP contribution in [0.2, 0.25) is 10.0 Å². The summed E-state index contributed by atoms with van der Waals surface area (Å²) in [6, 6.07) is 9.36. The molecule has 0 atom stereocenters. The molecule has 0 N–H and O–H groups in total. The third-order valence-corrected chi connectivity index (χ3v) is 8.46. The molecule has 0 bridgehead atoms. The van der Waals surface area contributed by atoms with E-state index in [2.05, 4.69) is 29.3 Å². The van der Waals surface area contributed by atoms with Gasteiger partial charge in [-0.1, -0.05) is 23.2 Å². The number of halogens is 2. The number of aryl methyl sites for hydroxylation is 1. The predicted molar refractivity (Wildman–Crippen MR) is 164 cm³/mol. The minimum absolute atomic E-state index is 0.144. The van der Waals surface area contributed by atoms with Crippen molar-refractivity contribution < 1.29 is 14.3 Å². The number of imidazole rings is 1. The van der Waals surface area contributed by atoms with Crippen LogP contribution >= 0.6 is 23.2 Å². The number of piperidine rings is 1. The highest BCUT2D eigenvalue weighted by Crippen LogP contribution is 2.31. The zero-order valence-corrected chi connectivity index (χ0v) is 25.7. The lowest BCUT2D eigenvalue weighted by molar-refractivity contribution is -0.142. The second-order valence-electron chi connectivity index (χ2n) is 11.0. The third kappa shape index (κ3) is 7.09. The van der Waals surface area contributed by atoms with Gasteiger partial charge < -0.3 is 18.9 Å². The summed E-state index contributed by atoms with van der Waals surface area (Å²) in [5, 5.41) is 1.06. The first-order chi connectivity index (χ1) is 20.8. The van der Waals surface area contributed by atoms with Crippen LogP contribution in [0, 0.1) is 12.8 Å². The molecule has 4 aromatic rings. The topological polar surface area (TPSA) is 98.5 Å². The van der Waals surface area contributed by atoms with Gasteiger partial charge >= 0.3 is 5.97 Å². The van der Waals surface area contributed by atoms with Crippen LogP contribution in [0.4, 0.5) is 5.95 Å². The van der Waals surface area contributed by atoms with Crippen LogP contribution in [-0.2, 0) is 29.2 Å².